The van der Waals surface area contributed by atoms with E-state index < -0.39 is 5.60 Å². The van der Waals surface area contributed by atoms with Gasteiger partial charge in [0, 0.05) is 25.2 Å². The Bertz CT molecular complexity index is 848. The van der Waals surface area contributed by atoms with Crippen LogP contribution in [0.3, 0.4) is 0 Å². The fourth-order valence-electron chi connectivity index (χ4n) is 4.34. The predicted molar refractivity (Wildman–Crippen MR) is 128 cm³/mol. The molecule has 3 rings (SSSR count). The van der Waals surface area contributed by atoms with Crippen molar-refractivity contribution in [3.05, 3.63) is 47.7 Å². The lowest BCUT2D eigenvalue weighted by atomic mass is 9.93. The highest BCUT2D eigenvalue weighted by molar-refractivity contribution is 5.72. The Morgan fingerprint density at radius 3 is 2.59 bits per heavy atom. The molecule has 0 aromatic heterocycles. The number of likely N-dealkylation sites (tertiary alicyclic amines) is 1. The number of carbonyl (C=O) groups is 1. The Labute approximate surface area is 192 Å². The number of piperidine rings is 1. The molecular formula is C26H38N2O4. The van der Waals surface area contributed by atoms with Crippen molar-refractivity contribution in [2.45, 2.75) is 52.6 Å². The third-order valence-corrected chi connectivity index (χ3v) is 6.13. The quantitative estimate of drug-likeness (QED) is 0.604. The molecule has 2 heterocycles. The van der Waals surface area contributed by atoms with Crippen molar-refractivity contribution in [3.8, 4) is 5.75 Å². The molecule has 6 nitrogen and oxygen atoms in total. The highest BCUT2D eigenvalue weighted by Crippen LogP contribution is 2.33. The molecule has 6 heteroatoms. The van der Waals surface area contributed by atoms with E-state index in [-0.39, 0.29) is 6.09 Å². The smallest absolute Gasteiger partial charge is 0.410 e. The summed E-state index contributed by atoms with van der Waals surface area (Å²) < 4.78 is 16.9. The van der Waals surface area contributed by atoms with Gasteiger partial charge in [-0.1, -0.05) is 12.6 Å². The number of nitrogens with zero attached hydrogens (tertiary/aromatic N) is 2. The highest BCUT2D eigenvalue weighted by atomic mass is 16.6. The maximum absolute atomic E-state index is 12.3. The molecule has 176 valence electrons. The van der Waals surface area contributed by atoms with Crippen LogP contribution < -0.4 is 4.74 Å². The lowest BCUT2D eigenvalue weighted by Crippen LogP contribution is -2.42. The van der Waals surface area contributed by atoms with Crippen LogP contribution in [0.25, 0.3) is 5.70 Å². The highest BCUT2D eigenvalue weighted by Gasteiger charge is 2.28. The molecule has 0 atom stereocenters. The largest absolute Gasteiger partial charge is 0.497 e. The molecule has 0 spiro atoms. The number of aryl methyl sites for hydroxylation is 1. The molecule has 0 unspecified atom stereocenters. The van der Waals surface area contributed by atoms with E-state index in [1.54, 1.807) is 13.2 Å². The zero-order chi connectivity index (χ0) is 23.3. The minimum absolute atomic E-state index is 0.196. The number of carbonyl (C=O) groups excluding carboxylic acids is 1. The van der Waals surface area contributed by atoms with E-state index in [2.05, 4.69) is 30.5 Å². The molecule has 1 amide bonds. The first-order valence-corrected chi connectivity index (χ1v) is 11.6. The summed E-state index contributed by atoms with van der Waals surface area (Å²) in [7, 11) is 1.69. The maximum atomic E-state index is 12.3. The molecule has 0 N–H and O–H groups in total. The van der Waals surface area contributed by atoms with E-state index in [0.29, 0.717) is 12.5 Å². The topological polar surface area (TPSA) is 51.2 Å². The molecule has 0 saturated carbocycles. The van der Waals surface area contributed by atoms with Crippen molar-refractivity contribution >= 4 is 11.8 Å². The van der Waals surface area contributed by atoms with E-state index in [9.17, 15) is 4.79 Å². The van der Waals surface area contributed by atoms with Crippen molar-refractivity contribution in [2.75, 3.05) is 39.9 Å². The van der Waals surface area contributed by atoms with E-state index in [0.717, 1.165) is 68.2 Å². The molecule has 2 aliphatic rings. The van der Waals surface area contributed by atoms with Crippen LogP contribution in [0.5, 0.6) is 5.75 Å². The standard InChI is InChI=1S/C26H38N2O4/c1-7-23-24(22-18-21(30-6)9-8-19(22)2)27(16-17-31-23)13-10-20-11-14-28(15-12-20)25(29)32-26(3,4)5/h7-9,18,20H,1,10-17H2,2-6H3. The zero-order valence-electron chi connectivity index (χ0n) is 20.3. The van der Waals surface area contributed by atoms with Gasteiger partial charge in [-0.3, -0.25) is 0 Å². The summed E-state index contributed by atoms with van der Waals surface area (Å²) in [4.78, 5) is 16.6. The molecule has 0 bridgehead atoms. The number of hydrogen-bond donors (Lipinski definition) is 0. The van der Waals surface area contributed by atoms with E-state index in [1.807, 2.05) is 31.7 Å². The Balaban J connectivity index is 1.65. The van der Waals surface area contributed by atoms with Gasteiger partial charge in [0.2, 0.25) is 0 Å². The van der Waals surface area contributed by atoms with Gasteiger partial charge in [-0.2, -0.15) is 0 Å². The first-order chi connectivity index (χ1) is 15.2. The number of ether oxygens (including phenoxy) is 3. The van der Waals surface area contributed by atoms with Gasteiger partial charge in [0.25, 0.3) is 0 Å². The second-order valence-electron chi connectivity index (χ2n) is 9.63. The molecule has 1 saturated heterocycles. The SMILES string of the molecule is C=CC1=C(c2cc(OC)ccc2C)N(CCC2CCN(C(=O)OC(C)(C)C)CC2)CCO1. The van der Waals surface area contributed by atoms with E-state index in [1.165, 1.54) is 5.56 Å². The monoisotopic (exact) mass is 442 g/mol. The number of hydrogen-bond acceptors (Lipinski definition) is 5. The van der Waals surface area contributed by atoms with E-state index in [4.69, 9.17) is 14.2 Å². The van der Waals surface area contributed by atoms with Crippen LogP contribution in [0.2, 0.25) is 0 Å². The second kappa shape index (κ2) is 10.3. The summed E-state index contributed by atoms with van der Waals surface area (Å²) in [6.07, 6.45) is 4.71. The molecule has 1 fully saturated rings. The number of allylic oxidation sites excluding steroid dienone is 1. The zero-order valence-corrected chi connectivity index (χ0v) is 20.3. The average molecular weight is 443 g/mol. The van der Waals surface area contributed by atoms with E-state index >= 15 is 0 Å². The first-order valence-electron chi connectivity index (χ1n) is 11.6. The summed E-state index contributed by atoms with van der Waals surface area (Å²) in [6, 6.07) is 6.15. The van der Waals surface area contributed by atoms with Gasteiger partial charge in [0.1, 0.15) is 23.7 Å². The van der Waals surface area contributed by atoms with Crippen LogP contribution >= 0.6 is 0 Å². The normalized spacial score (nSPS) is 17.8. The van der Waals surface area contributed by atoms with Gasteiger partial charge >= 0.3 is 6.09 Å². The summed E-state index contributed by atoms with van der Waals surface area (Å²) in [6.45, 7) is 15.8. The van der Waals surface area contributed by atoms with Crippen molar-refractivity contribution in [1.29, 1.82) is 0 Å². The summed E-state index contributed by atoms with van der Waals surface area (Å²) >= 11 is 0. The molecule has 0 radical (unpaired) electrons. The molecule has 1 aromatic rings. The third-order valence-electron chi connectivity index (χ3n) is 6.13. The second-order valence-corrected chi connectivity index (χ2v) is 9.63. The third kappa shape index (κ3) is 5.99. The fraction of sp³-hybridized carbons (Fsp3) is 0.577. The van der Waals surface area contributed by atoms with Crippen molar-refractivity contribution in [2.24, 2.45) is 5.92 Å². The average Bonchev–Trinajstić information content (AvgIpc) is 2.77. The summed E-state index contributed by atoms with van der Waals surface area (Å²) in [5.74, 6) is 2.25. The Hall–Kier alpha value is -2.63. The predicted octanol–water partition coefficient (Wildman–Crippen LogP) is 5.23. The van der Waals surface area contributed by atoms with Gasteiger partial charge in [-0.25, -0.2) is 4.79 Å². The number of amides is 1. The molecule has 1 aromatic carbocycles. The van der Waals surface area contributed by atoms with Gasteiger partial charge < -0.3 is 24.0 Å². The Morgan fingerprint density at radius 1 is 1.25 bits per heavy atom. The molecule has 2 aliphatic heterocycles. The summed E-state index contributed by atoms with van der Waals surface area (Å²) in [5.41, 5.74) is 2.95. The number of benzene rings is 1. The Kier molecular flexibility index (Phi) is 7.75. The first kappa shape index (κ1) is 24.0. The van der Waals surface area contributed by atoms with Crippen LogP contribution in [-0.2, 0) is 9.47 Å². The van der Waals surface area contributed by atoms with Crippen molar-refractivity contribution in [1.82, 2.24) is 9.80 Å². The maximum Gasteiger partial charge on any atom is 0.410 e. The van der Waals surface area contributed by atoms with Crippen LogP contribution in [-0.4, -0.2) is 61.4 Å². The fourth-order valence-corrected chi connectivity index (χ4v) is 4.34. The Morgan fingerprint density at radius 2 is 1.97 bits per heavy atom. The molecule has 32 heavy (non-hydrogen) atoms. The summed E-state index contributed by atoms with van der Waals surface area (Å²) in [5, 5.41) is 0. The van der Waals surface area contributed by atoms with Gasteiger partial charge in [-0.05, 0) is 76.6 Å². The lowest BCUT2D eigenvalue weighted by molar-refractivity contribution is 0.0178. The lowest BCUT2D eigenvalue weighted by Gasteiger charge is -2.37. The van der Waals surface area contributed by atoms with Gasteiger partial charge in [0.15, 0.2) is 0 Å². The van der Waals surface area contributed by atoms with Crippen LogP contribution in [0, 0.1) is 12.8 Å². The minimum atomic E-state index is -0.450. The van der Waals surface area contributed by atoms with Crippen LogP contribution in [0.1, 0.15) is 51.2 Å². The van der Waals surface area contributed by atoms with Gasteiger partial charge in [-0.15, -0.1) is 0 Å². The number of methoxy groups -OCH3 is 1. The number of rotatable bonds is 6. The molecule has 0 aliphatic carbocycles. The van der Waals surface area contributed by atoms with Gasteiger partial charge in [0.05, 0.1) is 19.4 Å². The van der Waals surface area contributed by atoms with Crippen LogP contribution in [0.15, 0.2) is 36.6 Å². The molecular weight excluding hydrogens is 404 g/mol. The van der Waals surface area contributed by atoms with Crippen molar-refractivity contribution in [3.63, 3.8) is 0 Å². The van der Waals surface area contributed by atoms with Crippen molar-refractivity contribution < 1.29 is 19.0 Å². The van der Waals surface area contributed by atoms with Crippen LogP contribution in [0.4, 0.5) is 4.79 Å². The minimum Gasteiger partial charge on any atom is -0.497 e.